The maximum absolute atomic E-state index is 13.2. The molecule has 0 atom stereocenters. The molecule has 35 heavy (non-hydrogen) atoms. The standard InChI is InChI=1S/C26H19BrCl2N2O4/c1-2-16-5-3-4-6-22(16)31-25(33)19(24(32)30-26(31)34)11-15-7-10-23(20(27)12-15)35-14-17-8-9-18(28)13-21(17)29/h3-13H,2,14H2,1H3,(H,30,32,34)/b19-11-. The number of urea groups is 1. The number of carbonyl (C=O) groups excluding carboxylic acids is 3. The number of benzene rings is 3. The van der Waals surface area contributed by atoms with Crippen LogP contribution in [0.2, 0.25) is 10.0 Å². The second-order valence-electron chi connectivity index (χ2n) is 7.65. The third-order valence-corrected chi connectivity index (χ3v) is 6.59. The number of hydrogen-bond acceptors (Lipinski definition) is 4. The minimum absolute atomic E-state index is 0.149. The smallest absolute Gasteiger partial charge is 0.335 e. The number of rotatable bonds is 6. The van der Waals surface area contributed by atoms with Gasteiger partial charge in [0.1, 0.15) is 17.9 Å². The zero-order valence-corrected chi connectivity index (χ0v) is 21.6. The fraction of sp³-hybridized carbons (Fsp3) is 0.115. The number of ether oxygens (including phenoxy) is 1. The van der Waals surface area contributed by atoms with Crippen LogP contribution in [0, 0.1) is 0 Å². The van der Waals surface area contributed by atoms with Crippen LogP contribution >= 0.6 is 39.1 Å². The summed E-state index contributed by atoms with van der Waals surface area (Å²) in [5.74, 6) is -0.890. The number of para-hydroxylation sites is 1. The summed E-state index contributed by atoms with van der Waals surface area (Å²) in [6.45, 7) is 2.15. The highest BCUT2D eigenvalue weighted by molar-refractivity contribution is 9.10. The van der Waals surface area contributed by atoms with E-state index in [2.05, 4.69) is 21.2 Å². The molecular formula is C26H19BrCl2N2O4. The number of imide groups is 2. The maximum Gasteiger partial charge on any atom is 0.335 e. The molecule has 1 fully saturated rings. The molecule has 0 aromatic heterocycles. The monoisotopic (exact) mass is 572 g/mol. The van der Waals surface area contributed by atoms with Gasteiger partial charge in [-0.3, -0.25) is 14.9 Å². The molecular weight excluding hydrogens is 555 g/mol. The van der Waals surface area contributed by atoms with Crippen molar-refractivity contribution in [3.05, 3.63) is 97.4 Å². The fourth-order valence-corrected chi connectivity index (χ4v) is 4.56. The number of hydrogen-bond donors (Lipinski definition) is 1. The lowest BCUT2D eigenvalue weighted by Crippen LogP contribution is -2.54. The zero-order chi connectivity index (χ0) is 25.1. The Balaban J connectivity index is 1.58. The molecule has 0 aliphatic carbocycles. The summed E-state index contributed by atoms with van der Waals surface area (Å²) in [4.78, 5) is 39.2. The first-order chi connectivity index (χ1) is 16.8. The van der Waals surface area contributed by atoms with Gasteiger partial charge in [0.25, 0.3) is 11.8 Å². The molecule has 0 spiro atoms. The summed E-state index contributed by atoms with van der Waals surface area (Å²) in [7, 11) is 0. The summed E-state index contributed by atoms with van der Waals surface area (Å²) >= 11 is 15.6. The Labute approximate surface area is 220 Å². The second-order valence-corrected chi connectivity index (χ2v) is 9.35. The van der Waals surface area contributed by atoms with E-state index in [0.717, 1.165) is 16.0 Å². The minimum atomic E-state index is -0.774. The van der Waals surface area contributed by atoms with Crippen LogP contribution in [-0.2, 0) is 22.6 Å². The molecule has 1 aliphatic heterocycles. The first kappa shape index (κ1) is 25.0. The van der Waals surface area contributed by atoms with E-state index in [-0.39, 0.29) is 12.2 Å². The van der Waals surface area contributed by atoms with Crippen LogP contribution in [0.1, 0.15) is 23.6 Å². The van der Waals surface area contributed by atoms with Crippen molar-refractivity contribution in [2.24, 2.45) is 0 Å². The van der Waals surface area contributed by atoms with Gasteiger partial charge in [-0.2, -0.15) is 0 Å². The van der Waals surface area contributed by atoms with Crippen molar-refractivity contribution < 1.29 is 19.1 Å². The maximum atomic E-state index is 13.2. The lowest BCUT2D eigenvalue weighted by atomic mass is 10.0. The van der Waals surface area contributed by atoms with Crippen LogP contribution in [0.25, 0.3) is 6.08 Å². The number of carbonyl (C=O) groups is 3. The largest absolute Gasteiger partial charge is 0.488 e. The Kier molecular flexibility index (Phi) is 7.60. The van der Waals surface area contributed by atoms with E-state index in [4.69, 9.17) is 27.9 Å². The van der Waals surface area contributed by atoms with Crippen LogP contribution in [0.4, 0.5) is 10.5 Å². The van der Waals surface area contributed by atoms with Gasteiger partial charge in [0.2, 0.25) is 0 Å². The first-order valence-corrected chi connectivity index (χ1v) is 12.2. The van der Waals surface area contributed by atoms with Gasteiger partial charge in [-0.1, -0.05) is 60.5 Å². The molecule has 1 saturated heterocycles. The molecule has 0 radical (unpaired) electrons. The number of aryl methyl sites for hydroxylation is 1. The van der Waals surface area contributed by atoms with Crippen LogP contribution in [0.5, 0.6) is 5.75 Å². The molecule has 6 nitrogen and oxygen atoms in total. The average Bonchev–Trinajstić information content (AvgIpc) is 2.82. The van der Waals surface area contributed by atoms with E-state index in [1.165, 1.54) is 6.08 Å². The van der Waals surface area contributed by atoms with Gasteiger partial charge in [0, 0.05) is 15.6 Å². The van der Waals surface area contributed by atoms with Crippen molar-refractivity contribution in [2.75, 3.05) is 4.90 Å². The highest BCUT2D eigenvalue weighted by Crippen LogP contribution is 2.30. The van der Waals surface area contributed by atoms with Crippen molar-refractivity contribution in [2.45, 2.75) is 20.0 Å². The van der Waals surface area contributed by atoms with E-state index in [0.29, 0.717) is 37.9 Å². The number of nitrogens with zero attached hydrogens (tertiary/aromatic N) is 1. The van der Waals surface area contributed by atoms with E-state index in [1.54, 1.807) is 48.5 Å². The van der Waals surface area contributed by atoms with Crippen LogP contribution in [-0.4, -0.2) is 17.8 Å². The Hall–Kier alpha value is -3.13. The number of anilines is 1. The fourth-order valence-electron chi connectivity index (χ4n) is 3.59. The molecule has 0 bridgehead atoms. The summed E-state index contributed by atoms with van der Waals surface area (Å²) in [5, 5.41) is 3.29. The van der Waals surface area contributed by atoms with Crippen molar-refractivity contribution in [1.29, 1.82) is 0 Å². The van der Waals surface area contributed by atoms with E-state index in [1.807, 2.05) is 19.1 Å². The normalized spacial score (nSPS) is 14.9. The Morgan fingerprint density at radius 2 is 1.77 bits per heavy atom. The molecule has 1 aliphatic rings. The van der Waals surface area contributed by atoms with Crippen LogP contribution in [0.3, 0.4) is 0 Å². The van der Waals surface area contributed by atoms with Gasteiger partial charge in [-0.15, -0.1) is 0 Å². The lowest BCUT2D eigenvalue weighted by molar-refractivity contribution is -0.122. The van der Waals surface area contributed by atoms with Gasteiger partial charge < -0.3 is 4.74 Å². The summed E-state index contributed by atoms with van der Waals surface area (Å²) in [5.41, 5.74) is 2.46. The predicted octanol–water partition coefficient (Wildman–Crippen LogP) is 6.56. The number of halogens is 3. The molecule has 178 valence electrons. The van der Waals surface area contributed by atoms with Gasteiger partial charge >= 0.3 is 6.03 Å². The number of amides is 4. The van der Waals surface area contributed by atoms with Crippen molar-refractivity contribution in [3.8, 4) is 5.75 Å². The topological polar surface area (TPSA) is 75.7 Å². The summed E-state index contributed by atoms with van der Waals surface area (Å²) < 4.78 is 6.47. The highest BCUT2D eigenvalue weighted by Gasteiger charge is 2.37. The Morgan fingerprint density at radius 1 is 1.00 bits per heavy atom. The number of barbiturate groups is 1. The Bertz CT molecular complexity index is 1370. The van der Waals surface area contributed by atoms with Gasteiger partial charge in [0.05, 0.1) is 10.2 Å². The molecule has 4 amide bonds. The number of nitrogens with one attached hydrogen (secondary N) is 1. The van der Waals surface area contributed by atoms with Crippen LogP contribution < -0.4 is 15.0 Å². The molecule has 1 heterocycles. The van der Waals surface area contributed by atoms with E-state index in [9.17, 15) is 14.4 Å². The first-order valence-electron chi connectivity index (χ1n) is 10.6. The van der Waals surface area contributed by atoms with Crippen molar-refractivity contribution in [1.82, 2.24) is 5.32 Å². The van der Waals surface area contributed by atoms with E-state index >= 15 is 0 Å². The SMILES string of the molecule is CCc1ccccc1N1C(=O)NC(=O)/C(=C/c2ccc(OCc3ccc(Cl)cc3Cl)c(Br)c2)C1=O. The Morgan fingerprint density at radius 3 is 2.49 bits per heavy atom. The zero-order valence-electron chi connectivity index (χ0n) is 18.5. The van der Waals surface area contributed by atoms with Crippen molar-refractivity contribution in [3.63, 3.8) is 0 Å². The van der Waals surface area contributed by atoms with Gasteiger partial charge in [0.15, 0.2) is 0 Å². The van der Waals surface area contributed by atoms with Gasteiger partial charge in [-0.05, 0) is 69.9 Å². The molecule has 0 unspecified atom stereocenters. The minimum Gasteiger partial charge on any atom is -0.488 e. The molecule has 0 saturated carbocycles. The van der Waals surface area contributed by atoms with Crippen molar-refractivity contribution >= 4 is 68.7 Å². The lowest BCUT2D eigenvalue weighted by Gasteiger charge is -2.28. The third-order valence-electron chi connectivity index (χ3n) is 5.38. The second kappa shape index (κ2) is 10.6. The summed E-state index contributed by atoms with van der Waals surface area (Å²) in [6.07, 6.45) is 2.06. The molecule has 4 rings (SSSR count). The quantitative estimate of drug-likeness (QED) is 0.267. The van der Waals surface area contributed by atoms with Crippen LogP contribution in [0.15, 0.2) is 70.7 Å². The predicted molar refractivity (Wildman–Crippen MR) is 140 cm³/mol. The van der Waals surface area contributed by atoms with E-state index < -0.39 is 17.8 Å². The molecule has 9 heteroatoms. The molecule has 1 N–H and O–H groups in total. The molecule has 3 aromatic carbocycles. The van der Waals surface area contributed by atoms with Gasteiger partial charge in [-0.25, -0.2) is 9.69 Å². The summed E-state index contributed by atoms with van der Waals surface area (Å²) in [6, 6.07) is 16.6. The third kappa shape index (κ3) is 5.42. The highest BCUT2D eigenvalue weighted by atomic mass is 79.9. The average molecular weight is 574 g/mol. The molecule has 3 aromatic rings.